The molecule has 4 aromatic carbocycles. The van der Waals surface area contributed by atoms with Crippen LogP contribution in [-0.2, 0) is 0 Å². The quantitative estimate of drug-likeness (QED) is 0.122. The molecule has 0 saturated carbocycles. The first-order chi connectivity index (χ1) is 18.6. The van der Waals surface area contributed by atoms with Crippen LogP contribution in [0.3, 0.4) is 0 Å². The Labute approximate surface area is 218 Å². The van der Waals surface area contributed by atoms with Gasteiger partial charge in [-0.1, -0.05) is 48.5 Å². The number of nitrogens with one attached hydrogen (secondary N) is 2. The summed E-state index contributed by atoms with van der Waals surface area (Å²) >= 11 is 0. The number of aromatic nitrogens is 3. The number of hydrogen-bond acceptors (Lipinski definition) is 9. The molecule has 6 rings (SSSR count). The maximum absolute atomic E-state index is 11.0. The molecule has 0 amide bonds. The minimum Gasteiger partial charge on any atom is -0.341 e. The Kier molecular flexibility index (Phi) is 6.19. The highest BCUT2D eigenvalue weighted by Crippen LogP contribution is 2.27. The van der Waals surface area contributed by atoms with Crippen molar-refractivity contribution in [3.63, 3.8) is 0 Å². The lowest BCUT2D eigenvalue weighted by molar-refractivity contribution is -0.384. The molecule has 2 N–H and O–H groups in total. The Morgan fingerprint density at radius 1 is 0.842 bits per heavy atom. The molecule has 10 nitrogen and oxygen atoms in total. The number of hydrazone groups is 1. The summed E-state index contributed by atoms with van der Waals surface area (Å²) in [4.78, 5) is 26.3. The number of benzene rings is 4. The van der Waals surface area contributed by atoms with Gasteiger partial charge in [0.05, 0.1) is 11.1 Å². The summed E-state index contributed by atoms with van der Waals surface area (Å²) in [6, 6.07) is 24.7. The maximum atomic E-state index is 11.0. The van der Waals surface area contributed by atoms with Crippen molar-refractivity contribution in [2.45, 2.75) is 12.8 Å². The molecule has 1 aliphatic rings. The summed E-state index contributed by atoms with van der Waals surface area (Å²) < 4.78 is 0. The van der Waals surface area contributed by atoms with E-state index in [0.29, 0.717) is 23.5 Å². The van der Waals surface area contributed by atoms with E-state index in [4.69, 9.17) is 0 Å². The van der Waals surface area contributed by atoms with Gasteiger partial charge >= 0.3 is 0 Å². The van der Waals surface area contributed by atoms with Gasteiger partial charge in [-0.3, -0.25) is 10.1 Å². The number of nitrogens with zero attached hydrogens (tertiary/aromatic N) is 6. The summed E-state index contributed by atoms with van der Waals surface area (Å²) in [6.45, 7) is 1.73. The van der Waals surface area contributed by atoms with Gasteiger partial charge < -0.3 is 10.2 Å². The van der Waals surface area contributed by atoms with Crippen LogP contribution >= 0.6 is 0 Å². The molecule has 1 fully saturated rings. The summed E-state index contributed by atoms with van der Waals surface area (Å²) in [7, 11) is 0. The van der Waals surface area contributed by atoms with Crippen LogP contribution in [0.4, 0.5) is 29.2 Å². The normalized spacial score (nSPS) is 13.4. The number of fused-ring (bicyclic) bond motifs is 2. The Bertz CT molecular complexity index is 1610. The van der Waals surface area contributed by atoms with Gasteiger partial charge in [0.15, 0.2) is 0 Å². The van der Waals surface area contributed by atoms with E-state index in [1.54, 1.807) is 18.3 Å². The summed E-state index contributed by atoms with van der Waals surface area (Å²) in [6.07, 6.45) is 3.95. The van der Waals surface area contributed by atoms with Crippen molar-refractivity contribution in [1.29, 1.82) is 0 Å². The van der Waals surface area contributed by atoms with E-state index in [-0.39, 0.29) is 5.69 Å². The molecule has 5 aromatic rings. The molecule has 0 aliphatic carbocycles. The van der Waals surface area contributed by atoms with E-state index < -0.39 is 4.92 Å². The van der Waals surface area contributed by atoms with Gasteiger partial charge in [0.1, 0.15) is 0 Å². The Hall–Kier alpha value is -5.12. The number of rotatable bonds is 7. The first kappa shape index (κ1) is 23.3. The van der Waals surface area contributed by atoms with Gasteiger partial charge in [-0.2, -0.15) is 20.1 Å². The fourth-order valence-corrected chi connectivity index (χ4v) is 4.67. The standard InChI is InChI=1S/C28H24N8O2/c37-36(38)22-13-11-21(12-14-22)30-26-31-27(33-28(32-26)35-15-5-6-16-35)34-29-18-25-23-9-3-1-7-19(23)17-20-8-2-4-10-24(20)25/h1-4,7-14,17-18H,5-6,15-16H2,(H2,30,31,32,33,34)/b29-18+. The van der Waals surface area contributed by atoms with Crippen molar-refractivity contribution in [3.8, 4) is 0 Å². The second-order valence-corrected chi connectivity index (χ2v) is 9.01. The van der Waals surface area contributed by atoms with Gasteiger partial charge in [0.25, 0.3) is 5.69 Å². The molecule has 1 aliphatic heterocycles. The molecule has 1 saturated heterocycles. The molecule has 38 heavy (non-hydrogen) atoms. The third kappa shape index (κ3) is 4.79. The van der Waals surface area contributed by atoms with Crippen molar-refractivity contribution in [2.75, 3.05) is 28.7 Å². The van der Waals surface area contributed by atoms with E-state index >= 15 is 0 Å². The van der Waals surface area contributed by atoms with Crippen LogP contribution in [-0.4, -0.2) is 39.2 Å². The van der Waals surface area contributed by atoms with Gasteiger partial charge in [-0.05, 0) is 52.6 Å². The van der Waals surface area contributed by atoms with Gasteiger partial charge in [-0.15, -0.1) is 0 Å². The van der Waals surface area contributed by atoms with Gasteiger partial charge in [-0.25, -0.2) is 5.43 Å². The minimum absolute atomic E-state index is 0.0154. The Morgan fingerprint density at radius 2 is 1.47 bits per heavy atom. The molecule has 10 heteroatoms. The van der Waals surface area contributed by atoms with Crippen LogP contribution in [0.15, 0.2) is 84.0 Å². The molecule has 0 radical (unpaired) electrons. The molecular weight excluding hydrogens is 480 g/mol. The third-order valence-corrected chi connectivity index (χ3v) is 6.52. The Morgan fingerprint density at radius 3 is 2.13 bits per heavy atom. The summed E-state index contributed by atoms with van der Waals surface area (Å²) in [5.74, 6) is 1.17. The molecule has 1 aromatic heterocycles. The van der Waals surface area contributed by atoms with E-state index in [9.17, 15) is 10.1 Å². The molecule has 188 valence electrons. The fourth-order valence-electron chi connectivity index (χ4n) is 4.67. The van der Waals surface area contributed by atoms with Gasteiger partial charge in [0.2, 0.25) is 17.8 Å². The third-order valence-electron chi connectivity index (χ3n) is 6.52. The molecule has 0 bridgehead atoms. The van der Waals surface area contributed by atoms with Crippen LogP contribution in [0.1, 0.15) is 18.4 Å². The molecule has 2 heterocycles. The molecule has 0 unspecified atom stereocenters. The number of anilines is 4. The van der Waals surface area contributed by atoms with Crippen LogP contribution in [0.5, 0.6) is 0 Å². The maximum Gasteiger partial charge on any atom is 0.269 e. The monoisotopic (exact) mass is 504 g/mol. The predicted molar refractivity (Wildman–Crippen MR) is 150 cm³/mol. The smallest absolute Gasteiger partial charge is 0.269 e. The lowest BCUT2D eigenvalue weighted by atomic mass is 9.97. The highest BCUT2D eigenvalue weighted by Gasteiger charge is 2.18. The SMILES string of the molecule is O=[N+]([O-])c1ccc(Nc2nc(N/N=C/c3c4ccccc4cc4ccccc34)nc(N3CCCC3)n2)cc1. The minimum atomic E-state index is -0.433. The van der Waals surface area contributed by atoms with E-state index in [1.165, 1.54) is 12.1 Å². The van der Waals surface area contributed by atoms with Crippen LogP contribution in [0, 0.1) is 10.1 Å². The van der Waals surface area contributed by atoms with Crippen LogP contribution in [0.2, 0.25) is 0 Å². The average Bonchev–Trinajstić information content (AvgIpc) is 3.48. The number of nitro benzene ring substituents is 1. The highest BCUT2D eigenvalue weighted by atomic mass is 16.6. The second kappa shape index (κ2) is 10.1. The van der Waals surface area contributed by atoms with Crippen molar-refractivity contribution in [3.05, 3.63) is 94.5 Å². The zero-order valence-electron chi connectivity index (χ0n) is 20.4. The second-order valence-electron chi connectivity index (χ2n) is 9.01. The van der Waals surface area contributed by atoms with E-state index in [2.05, 4.69) is 66.0 Å². The van der Waals surface area contributed by atoms with Crippen molar-refractivity contribution in [2.24, 2.45) is 5.10 Å². The predicted octanol–water partition coefficient (Wildman–Crippen LogP) is 5.88. The van der Waals surface area contributed by atoms with Crippen molar-refractivity contribution >= 4 is 57.0 Å². The molecule has 0 atom stereocenters. The van der Waals surface area contributed by atoms with Crippen molar-refractivity contribution < 1.29 is 4.92 Å². The fraction of sp³-hybridized carbons (Fsp3) is 0.143. The zero-order chi connectivity index (χ0) is 25.9. The van der Waals surface area contributed by atoms with E-state index in [1.807, 2.05) is 24.3 Å². The largest absolute Gasteiger partial charge is 0.341 e. The molecule has 0 spiro atoms. The topological polar surface area (TPSA) is 121 Å². The lowest BCUT2D eigenvalue weighted by Crippen LogP contribution is -2.21. The average molecular weight is 505 g/mol. The zero-order valence-corrected chi connectivity index (χ0v) is 20.4. The Balaban J connectivity index is 1.32. The van der Waals surface area contributed by atoms with E-state index in [0.717, 1.165) is 53.0 Å². The highest BCUT2D eigenvalue weighted by molar-refractivity contribution is 6.13. The van der Waals surface area contributed by atoms with Crippen LogP contribution < -0.4 is 15.6 Å². The first-order valence-corrected chi connectivity index (χ1v) is 12.4. The summed E-state index contributed by atoms with van der Waals surface area (Å²) in [5.41, 5.74) is 4.64. The molecular formula is C28H24N8O2. The summed E-state index contributed by atoms with van der Waals surface area (Å²) in [5, 5.41) is 23.1. The number of hydrogen-bond donors (Lipinski definition) is 2. The number of nitro groups is 1. The van der Waals surface area contributed by atoms with Crippen molar-refractivity contribution in [1.82, 2.24) is 15.0 Å². The first-order valence-electron chi connectivity index (χ1n) is 12.4. The van der Waals surface area contributed by atoms with Crippen LogP contribution in [0.25, 0.3) is 21.5 Å². The van der Waals surface area contributed by atoms with Gasteiger partial charge in [0, 0.05) is 36.5 Å². The lowest BCUT2D eigenvalue weighted by Gasteiger charge is -2.16. The number of non-ortho nitro benzene ring substituents is 1.